The van der Waals surface area contributed by atoms with Gasteiger partial charge >= 0.3 is 0 Å². The number of rotatable bonds is 11. The first-order valence-electron chi connectivity index (χ1n) is 7.67. The second-order valence-electron chi connectivity index (χ2n) is 6.41. The summed E-state index contributed by atoms with van der Waals surface area (Å²) >= 11 is -0.429. The molecule has 0 fully saturated rings. The summed E-state index contributed by atoms with van der Waals surface area (Å²) in [5.74, 6) is 1.84. The van der Waals surface area contributed by atoms with Crippen LogP contribution in [0, 0.1) is 11.8 Å². The van der Waals surface area contributed by atoms with Gasteiger partial charge in [0.2, 0.25) is 0 Å². The molecule has 0 nitrogen and oxygen atoms in total. The largest absolute Gasteiger partial charge is 0.262 e. The molecule has 0 aromatic heterocycles. The zero-order valence-electron chi connectivity index (χ0n) is 12.7. The average Bonchev–Trinajstić information content (AvgIpc) is 2.21. The van der Waals surface area contributed by atoms with Crippen molar-refractivity contribution in [2.45, 2.75) is 75.6 Å². The van der Waals surface area contributed by atoms with Gasteiger partial charge in [0.25, 0.3) is 14.1 Å². The molecule has 100 valence electrons. The topological polar surface area (TPSA) is 0 Å². The summed E-state index contributed by atoms with van der Waals surface area (Å²) in [6.45, 7) is 13.4. The Morgan fingerprint density at radius 3 is 1.88 bits per heavy atom. The van der Waals surface area contributed by atoms with Crippen LogP contribution in [0.4, 0.5) is 0 Å². The molecule has 0 saturated carbocycles. The molecule has 0 spiro atoms. The predicted octanol–water partition coefficient (Wildman–Crippen LogP) is 5.93. The highest BCUT2D eigenvalue weighted by Crippen LogP contribution is 2.20. The Bertz CT molecular complexity index is 162. The molecule has 17 heavy (non-hydrogen) atoms. The summed E-state index contributed by atoms with van der Waals surface area (Å²) in [5.41, 5.74) is 0. The molecular weight excluding hydrogens is 219 g/mol. The Labute approximate surface area is 114 Å². The standard InChI is InChI=1S/C8H15.2C4H9.Al/c1-3-5-7-8-6-4-2;2*1-4(2)3;/h3H,1-2,4-8H2;2*4H,1H2,2-3H3;. The third kappa shape index (κ3) is 12.5. The smallest absolute Gasteiger partial charge is 0.103 e. The third-order valence-corrected chi connectivity index (χ3v) is 7.82. The van der Waals surface area contributed by atoms with Crippen LogP contribution in [0.3, 0.4) is 0 Å². The fraction of sp³-hybridized carbons (Fsp3) is 0.875. The fourth-order valence-corrected chi connectivity index (χ4v) is 6.94. The van der Waals surface area contributed by atoms with Crippen LogP contribution in [0.1, 0.15) is 59.8 Å². The average molecular weight is 252 g/mol. The van der Waals surface area contributed by atoms with E-state index in [4.69, 9.17) is 0 Å². The Morgan fingerprint density at radius 1 is 0.882 bits per heavy atom. The Balaban J connectivity index is 3.64. The van der Waals surface area contributed by atoms with Gasteiger partial charge in [0.15, 0.2) is 0 Å². The van der Waals surface area contributed by atoms with E-state index in [2.05, 4.69) is 40.3 Å². The molecule has 0 aliphatic heterocycles. The summed E-state index contributed by atoms with van der Waals surface area (Å²) in [5, 5.41) is 4.71. The molecule has 0 saturated heterocycles. The van der Waals surface area contributed by atoms with E-state index in [-0.39, 0.29) is 0 Å². The Hall–Kier alpha value is 0.272. The predicted molar refractivity (Wildman–Crippen MR) is 83.1 cm³/mol. The zero-order valence-corrected chi connectivity index (χ0v) is 13.8. The lowest BCUT2D eigenvalue weighted by atomic mass is 10.1. The summed E-state index contributed by atoms with van der Waals surface area (Å²) in [6, 6.07) is 0. The van der Waals surface area contributed by atoms with Gasteiger partial charge in [-0.05, 0) is 12.8 Å². The molecule has 0 amide bonds. The summed E-state index contributed by atoms with van der Waals surface area (Å²) < 4.78 is 0. The van der Waals surface area contributed by atoms with Crippen LogP contribution < -0.4 is 0 Å². The molecular formula is C16H33Al. The lowest BCUT2D eigenvalue weighted by Crippen LogP contribution is -2.17. The first kappa shape index (κ1) is 17.3. The molecule has 0 atom stereocenters. The monoisotopic (exact) mass is 252 g/mol. The van der Waals surface area contributed by atoms with E-state index in [9.17, 15) is 0 Å². The fourth-order valence-electron chi connectivity index (χ4n) is 2.74. The van der Waals surface area contributed by atoms with Crippen molar-refractivity contribution in [3.05, 3.63) is 12.7 Å². The molecule has 0 bridgehead atoms. The van der Waals surface area contributed by atoms with Crippen LogP contribution >= 0.6 is 0 Å². The van der Waals surface area contributed by atoms with Crippen LogP contribution in [-0.2, 0) is 0 Å². The third-order valence-electron chi connectivity index (χ3n) is 3.38. The van der Waals surface area contributed by atoms with Crippen molar-refractivity contribution < 1.29 is 0 Å². The number of hydrogen-bond donors (Lipinski definition) is 0. The Kier molecular flexibility index (Phi) is 11.6. The van der Waals surface area contributed by atoms with Gasteiger partial charge in [-0.15, -0.1) is 6.58 Å². The molecule has 0 aliphatic rings. The first-order chi connectivity index (χ1) is 8.06. The summed E-state index contributed by atoms with van der Waals surface area (Å²) in [7, 11) is 0. The van der Waals surface area contributed by atoms with E-state index in [0.29, 0.717) is 0 Å². The van der Waals surface area contributed by atoms with E-state index < -0.39 is 14.1 Å². The molecule has 0 heterocycles. The van der Waals surface area contributed by atoms with E-state index in [1.165, 1.54) is 32.1 Å². The van der Waals surface area contributed by atoms with Gasteiger partial charge in [-0.1, -0.05) is 80.7 Å². The van der Waals surface area contributed by atoms with Crippen LogP contribution in [0.5, 0.6) is 0 Å². The van der Waals surface area contributed by atoms with Crippen LogP contribution in [0.25, 0.3) is 0 Å². The van der Waals surface area contributed by atoms with Crippen LogP contribution in [0.15, 0.2) is 12.7 Å². The molecule has 0 aromatic rings. The van der Waals surface area contributed by atoms with Gasteiger partial charge < -0.3 is 0 Å². The van der Waals surface area contributed by atoms with E-state index >= 15 is 0 Å². The molecule has 1 heteroatoms. The van der Waals surface area contributed by atoms with Gasteiger partial charge in [0, 0.05) is 0 Å². The highest BCUT2D eigenvalue weighted by atomic mass is 27.2. The molecule has 0 N–H and O–H groups in total. The lowest BCUT2D eigenvalue weighted by Gasteiger charge is -2.16. The molecule has 0 unspecified atom stereocenters. The molecule has 0 aromatic carbocycles. The maximum atomic E-state index is 3.78. The SMILES string of the molecule is C=CCCCCC[CH2][Al]([CH2]C(C)C)[CH2]C(C)C. The number of allylic oxidation sites excluding steroid dienone is 1. The van der Waals surface area contributed by atoms with Crippen molar-refractivity contribution in [1.29, 1.82) is 0 Å². The Morgan fingerprint density at radius 2 is 1.41 bits per heavy atom. The van der Waals surface area contributed by atoms with Crippen molar-refractivity contribution in [2.75, 3.05) is 0 Å². The van der Waals surface area contributed by atoms with E-state index in [0.717, 1.165) is 11.8 Å². The highest BCUT2D eigenvalue weighted by molar-refractivity contribution is 6.58. The molecule has 0 radical (unpaired) electrons. The second kappa shape index (κ2) is 11.4. The van der Waals surface area contributed by atoms with Crippen molar-refractivity contribution in [3.8, 4) is 0 Å². The maximum Gasteiger partial charge on any atom is 0.262 e. The summed E-state index contributed by atoms with van der Waals surface area (Å²) in [4.78, 5) is 0. The molecule has 0 rings (SSSR count). The van der Waals surface area contributed by atoms with E-state index in [1.807, 2.05) is 0 Å². The maximum absolute atomic E-state index is 3.78. The number of hydrogen-bond acceptors (Lipinski definition) is 0. The quantitative estimate of drug-likeness (QED) is 0.243. The zero-order chi connectivity index (χ0) is 13.1. The van der Waals surface area contributed by atoms with E-state index in [1.54, 1.807) is 15.8 Å². The minimum absolute atomic E-state index is 0.429. The minimum atomic E-state index is -0.429. The minimum Gasteiger partial charge on any atom is -0.103 e. The van der Waals surface area contributed by atoms with Crippen molar-refractivity contribution in [2.24, 2.45) is 11.8 Å². The van der Waals surface area contributed by atoms with Gasteiger partial charge in [0.05, 0.1) is 0 Å². The van der Waals surface area contributed by atoms with Gasteiger partial charge in [-0.25, -0.2) is 0 Å². The van der Waals surface area contributed by atoms with Gasteiger partial charge in [-0.2, -0.15) is 0 Å². The normalized spacial score (nSPS) is 11.2. The van der Waals surface area contributed by atoms with Crippen molar-refractivity contribution in [3.63, 3.8) is 0 Å². The van der Waals surface area contributed by atoms with Crippen LogP contribution in [-0.4, -0.2) is 14.1 Å². The lowest BCUT2D eigenvalue weighted by molar-refractivity contribution is 0.654. The highest BCUT2D eigenvalue weighted by Gasteiger charge is 2.18. The second-order valence-corrected chi connectivity index (χ2v) is 9.66. The van der Waals surface area contributed by atoms with Crippen LogP contribution in [0.2, 0.25) is 15.8 Å². The summed E-state index contributed by atoms with van der Waals surface area (Å²) in [6.07, 6.45) is 8.97. The first-order valence-corrected chi connectivity index (χ1v) is 10.1. The number of unbranched alkanes of at least 4 members (excludes halogenated alkanes) is 4. The molecule has 0 aliphatic carbocycles. The van der Waals surface area contributed by atoms with Gasteiger partial charge in [-0.3, -0.25) is 0 Å². The van der Waals surface area contributed by atoms with Crippen molar-refractivity contribution in [1.82, 2.24) is 0 Å². The van der Waals surface area contributed by atoms with Gasteiger partial charge in [0.1, 0.15) is 0 Å². The van der Waals surface area contributed by atoms with Crippen molar-refractivity contribution >= 4 is 14.1 Å².